The first-order chi connectivity index (χ1) is 11.9. The number of H-pyrrole nitrogens is 1. The number of nitrogens with one attached hydrogen (secondary N) is 1. The molecule has 1 aromatic heterocycles. The summed E-state index contributed by atoms with van der Waals surface area (Å²) in [6.45, 7) is 0.479. The molecule has 5 atom stereocenters. The molecular weight excluding hydrogens is 332 g/mol. The summed E-state index contributed by atoms with van der Waals surface area (Å²) in [6.07, 6.45) is -5.69. The fraction of sp³-hybridized carbons (Fsp3) is 0.438. The van der Waals surface area contributed by atoms with Gasteiger partial charge in [0.15, 0.2) is 6.10 Å². The van der Waals surface area contributed by atoms with Crippen LogP contribution in [0.15, 0.2) is 24.4 Å². The fourth-order valence-corrected chi connectivity index (χ4v) is 2.88. The number of hydrogen-bond acceptors (Lipinski definition) is 7. The Morgan fingerprint density at radius 2 is 2.00 bits per heavy atom. The lowest BCUT2D eigenvalue weighted by Gasteiger charge is -2.38. The predicted octanol–water partition coefficient (Wildman–Crippen LogP) is -1.06. The topological polar surface area (TPSA) is 158 Å². The second-order valence-electron chi connectivity index (χ2n) is 5.91. The molecule has 1 unspecified atom stereocenters. The van der Waals surface area contributed by atoms with Crippen LogP contribution in [0.3, 0.4) is 0 Å². The van der Waals surface area contributed by atoms with Gasteiger partial charge in [0.2, 0.25) is 6.29 Å². The summed E-state index contributed by atoms with van der Waals surface area (Å²) < 4.78 is 10.6. The minimum atomic E-state index is -1.75. The molecule has 2 heterocycles. The quantitative estimate of drug-likeness (QED) is 0.397. The SMILES string of the molecule is NCCc1c[nH]c2ccc(OC3O[C@H](C(=O)O)[C@@H](O)[C@H](O)[C@H]3O)cc12. The third-order valence-corrected chi connectivity index (χ3v) is 4.22. The van der Waals surface area contributed by atoms with Gasteiger partial charge in [0, 0.05) is 17.1 Å². The number of rotatable bonds is 5. The van der Waals surface area contributed by atoms with Gasteiger partial charge in [0.25, 0.3) is 0 Å². The van der Waals surface area contributed by atoms with Crippen molar-refractivity contribution in [3.63, 3.8) is 0 Å². The Morgan fingerprint density at radius 3 is 2.68 bits per heavy atom. The number of ether oxygens (including phenoxy) is 2. The lowest BCUT2D eigenvalue weighted by molar-refractivity contribution is -0.271. The van der Waals surface area contributed by atoms with E-state index in [0.717, 1.165) is 16.5 Å². The van der Waals surface area contributed by atoms with Gasteiger partial charge in [-0.15, -0.1) is 0 Å². The average molecular weight is 352 g/mol. The Labute approximate surface area is 142 Å². The van der Waals surface area contributed by atoms with Gasteiger partial charge in [-0.05, 0) is 36.7 Å². The normalized spacial score (nSPS) is 29.7. The summed E-state index contributed by atoms with van der Waals surface area (Å²) >= 11 is 0. The molecule has 25 heavy (non-hydrogen) atoms. The van der Waals surface area contributed by atoms with Crippen molar-refractivity contribution in [1.82, 2.24) is 4.98 Å². The molecule has 1 fully saturated rings. The molecule has 3 rings (SSSR count). The summed E-state index contributed by atoms with van der Waals surface area (Å²) in [6, 6.07) is 5.09. The zero-order valence-corrected chi connectivity index (χ0v) is 13.2. The van der Waals surface area contributed by atoms with Crippen LogP contribution in [0, 0.1) is 0 Å². The zero-order chi connectivity index (χ0) is 18.1. The van der Waals surface area contributed by atoms with Crippen molar-refractivity contribution in [2.24, 2.45) is 5.73 Å². The largest absolute Gasteiger partial charge is 0.479 e. The van der Waals surface area contributed by atoms with Gasteiger partial charge in [0.05, 0.1) is 0 Å². The molecular formula is C16H20N2O7. The number of aliphatic carboxylic acids is 1. The first-order valence-electron chi connectivity index (χ1n) is 7.81. The van der Waals surface area contributed by atoms with E-state index in [4.69, 9.17) is 20.3 Å². The molecule has 0 aliphatic carbocycles. The number of aliphatic hydroxyl groups is 3. The Morgan fingerprint density at radius 1 is 1.24 bits per heavy atom. The van der Waals surface area contributed by atoms with Crippen molar-refractivity contribution in [1.29, 1.82) is 0 Å². The summed E-state index contributed by atoms with van der Waals surface area (Å²) in [4.78, 5) is 14.2. The number of aromatic amines is 1. The molecule has 0 amide bonds. The van der Waals surface area contributed by atoms with Crippen molar-refractivity contribution in [2.45, 2.75) is 37.1 Å². The molecule has 0 saturated carbocycles. The molecule has 0 radical (unpaired) electrons. The van der Waals surface area contributed by atoms with Crippen LogP contribution < -0.4 is 10.5 Å². The first kappa shape index (κ1) is 17.6. The second-order valence-corrected chi connectivity index (χ2v) is 5.91. The van der Waals surface area contributed by atoms with Crippen LogP contribution in [-0.4, -0.2) is 68.6 Å². The van der Waals surface area contributed by atoms with E-state index in [9.17, 15) is 20.1 Å². The van der Waals surface area contributed by atoms with Gasteiger partial charge in [-0.25, -0.2) is 4.79 Å². The Bertz CT molecular complexity index is 762. The van der Waals surface area contributed by atoms with Crippen molar-refractivity contribution < 1.29 is 34.7 Å². The van der Waals surface area contributed by atoms with Crippen LogP contribution in [0.1, 0.15) is 5.56 Å². The van der Waals surface area contributed by atoms with Crippen molar-refractivity contribution in [3.8, 4) is 5.75 Å². The van der Waals surface area contributed by atoms with Crippen molar-refractivity contribution >= 4 is 16.9 Å². The number of hydrogen-bond donors (Lipinski definition) is 6. The average Bonchev–Trinajstić information content (AvgIpc) is 2.98. The van der Waals surface area contributed by atoms with Gasteiger partial charge in [-0.3, -0.25) is 0 Å². The minimum Gasteiger partial charge on any atom is -0.479 e. The maximum atomic E-state index is 11.1. The van der Waals surface area contributed by atoms with Gasteiger partial charge in [-0.1, -0.05) is 0 Å². The summed E-state index contributed by atoms with van der Waals surface area (Å²) in [5.74, 6) is -1.14. The number of benzene rings is 1. The van der Waals surface area contributed by atoms with Crippen LogP contribution in [-0.2, 0) is 16.0 Å². The van der Waals surface area contributed by atoms with Crippen LogP contribution in [0.5, 0.6) is 5.75 Å². The molecule has 7 N–H and O–H groups in total. The smallest absolute Gasteiger partial charge is 0.335 e. The maximum absolute atomic E-state index is 11.1. The molecule has 1 aliphatic rings. The molecule has 136 valence electrons. The van der Waals surface area contributed by atoms with Gasteiger partial charge < -0.3 is 40.6 Å². The highest BCUT2D eigenvalue weighted by atomic mass is 16.7. The molecule has 0 spiro atoms. The molecule has 9 nitrogen and oxygen atoms in total. The van der Waals surface area contributed by atoms with E-state index >= 15 is 0 Å². The number of carboxylic acids is 1. The molecule has 1 saturated heterocycles. The first-order valence-corrected chi connectivity index (χ1v) is 7.81. The van der Waals surface area contributed by atoms with Crippen LogP contribution in [0.2, 0.25) is 0 Å². The van der Waals surface area contributed by atoms with E-state index in [2.05, 4.69) is 4.98 Å². The Balaban J connectivity index is 1.84. The minimum absolute atomic E-state index is 0.321. The number of carbonyl (C=O) groups is 1. The highest BCUT2D eigenvalue weighted by molar-refractivity contribution is 5.84. The van der Waals surface area contributed by atoms with E-state index in [0.29, 0.717) is 18.7 Å². The predicted molar refractivity (Wildman–Crippen MR) is 86.0 cm³/mol. The summed E-state index contributed by atoms with van der Waals surface area (Å²) in [5, 5.41) is 39.4. The number of aromatic nitrogens is 1. The van der Waals surface area contributed by atoms with Crippen LogP contribution in [0.25, 0.3) is 10.9 Å². The fourth-order valence-electron chi connectivity index (χ4n) is 2.88. The number of nitrogens with two attached hydrogens (primary N) is 1. The van der Waals surface area contributed by atoms with E-state index in [-0.39, 0.29) is 0 Å². The van der Waals surface area contributed by atoms with Gasteiger partial charge >= 0.3 is 5.97 Å². The zero-order valence-electron chi connectivity index (χ0n) is 13.2. The third kappa shape index (κ3) is 3.32. The summed E-state index contributed by atoms with van der Waals surface area (Å²) in [7, 11) is 0. The summed E-state index contributed by atoms with van der Waals surface area (Å²) in [5.41, 5.74) is 7.45. The van der Waals surface area contributed by atoms with Crippen molar-refractivity contribution in [3.05, 3.63) is 30.0 Å². The third-order valence-electron chi connectivity index (χ3n) is 4.22. The molecule has 1 aromatic carbocycles. The van der Waals surface area contributed by atoms with E-state index in [1.807, 2.05) is 6.20 Å². The highest BCUT2D eigenvalue weighted by Gasteiger charge is 2.48. The van der Waals surface area contributed by atoms with Crippen LogP contribution in [0.4, 0.5) is 0 Å². The van der Waals surface area contributed by atoms with E-state index in [1.54, 1.807) is 18.2 Å². The van der Waals surface area contributed by atoms with E-state index in [1.165, 1.54) is 0 Å². The van der Waals surface area contributed by atoms with Crippen molar-refractivity contribution in [2.75, 3.05) is 6.54 Å². The Hall–Kier alpha value is -2.17. The van der Waals surface area contributed by atoms with Crippen LogP contribution >= 0.6 is 0 Å². The lowest BCUT2D eigenvalue weighted by atomic mass is 9.99. The van der Waals surface area contributed by atoms with Gasteiger partial charge in [0.1, 0.15) is 24.1 Å². The monoisotopic (exact) mass is 352 g/mol. The molecule has 1 aliphatic heterocycles. The maximum Gasteiger partial charge on any atom is 0.335 e. The number of fused-ring (bicyclic) bond motifs is 1. The lowest BCUT2D eigenvalue weighted by Crippen LogP contribution is -2.61. The number of aliphatic hydroxyl groups excluding tert-OH is 3. The van der Waals surface area contributed by atoms with E-state index < -0.39 is 36.7 Å². The highest BCUT2D eigenvalue weighted by Crippen LogP contribution is 2.28. The molecule has 2 aromatic rings. The molecule has 0 bridgehead atoms. The Kier molecular flexibility index (Phi) is 4.93. The number of carboxylic acid groups (broad SMARTS) is 1. The second kappa shape index (κ2) is 6.98. The molecule has 9 heteroatoms. The van der Waals surface area contributed by atoms with Gasteiger partial charge in [-0.2, -0.15) is 0 Å². The standard InChI is InChI=1S/C16H20N2O7/c17-4-3-7-6-18-10-2-1-8(5-9(7)10)24-16-13(21)11(19)12(20)14(25-16)15(22)23/h1-2,5-6,11-14,16,18-21H,3-4,17H2,(H,22,23)/t11-,12-,13+,14-,16?/m0/s1.